The summed E-state index contributed by atoms with van der Waals surface area (Å²) in [6.45, 7) is 0.718. The molecule has 2 fully saturated rings. The minimum absolute atomic E-state index is 0.109. The Bertz CT molecular complexity index is 541. The van der Waals surface area contributed by atoms with Crippen molar-refractivity contribution < 1.29 is 14.3 Å². The first-order chi connectivity index (χ1) is 11.7. The lowest BCUT2D eigenvalue weighted by Crippen LogP contribution is -2.38. The minimum Gasteiger partial charge on any atom is -0.445 e. The number of benzene rings is 1. The molecule has 24 heavy (non-hydrogen) atoms. The Morgan fingerprint density at radius 2 is 1.75 bits per heavy atom. The van der Waals surface area contributed by atoms with Crippen molar-refractivity contribution in [1.29, 1.82) is 0 Å². The third-order valence-corrected chi connectivity index (χ3v) is 4.65. The standard InChI is InChI=1S/C19H26N2O3/c22-17(21-18(15-8-9-15)16-10-11-16)7-4-12-20-19(23)24-13-14-5-2-1-3-6-14/h1-3,5-6,15-16,18H,4,7-13H2,(H,20,23)(H,21,22). The zero-order chi connectivity index (χ0) is 16.8. The molecule has 0 unspecified atom stereocenters. The highest BCUT2D eigenvalue weighted by atomic mass is 16.5. The van der Waals surface area contributed by atoms with Crippen LogP contribution < -0.4 is 10.6 Å². The van der Waals surface area contributed by atoms with Gasteiger partial charge in [0.2, 0.25) is 5.91 Å². The third-order valence-electron chi connectivity index (χ3n) is 4.65. The molecular formula is C19H26N2O3. The molecule has 3 rings (SSSR count). The zero-order valence-electron chi connectivity index (χ0n) is 14.0. The number of carbonyl (C=O) groups is 2. The van der Waals surface area contributed by atoms with Gasteiger partial charge in [0.05, 0.1) is 0 Å². The summed E-state index contributed by atoms with van der Waals surface area (Å²) >= 11 is 0. The predicted molar refractivity (Wildman–Crippen MR) is 91.2 cm³/mol. The van der Waals surface area contributed by atoms with E-state index in [-0.39, 0.29) is 12.5 Å². The summed E-state index contributed by atoms with van der Waals surface area (Å²) in [4.78, 5) is 23.6. The lowest BCUT2D eigenvalue weighted by Gasteiger charge is -2.17. The molecule has 2 aliphatic rings. The van der Waals surface area contributed by atoms with E-state index in [1.165, 1.54) is 25.7 Å². The maximum atomic E-state index is 12.0. The van der Waals surface area contributed by atoms with Gasteiger partial charge in [0, 0.05) is 19.0 Å². The van der Waals surface area contributed by atoms with Crippen LogP contribution in [-0.2, 0) is 16.1 Å². The molecule has 1 aromatic carbocycles. The second-order valence-corrected chi connectivity index (χ2v) is 6.86. The van der Waals surface area contributed by atoms with Crippen LogP contribution in [0, 0.1) is 11.8 Å². The van der Waals surface area contributed by atoms with Crippen LogP contribution in [0.3, 0.4) is 0 Å². The zero-order valence-corrected chi connectivity index (χ0v) is 14.0. The number of carbonyl (C=O) groups excluding carboxylic acids is 2. The number of nitrogens with one attached hydrogen (secondary N) is 2. The summed E-state index contributed by atoms with van der Waals surface area (Å²) < 4.78 is 5.13. The number of ether oxygens (including phenoxy) is 1. The number of rotatable bonds is 9. The first-order valence-corrected chi connectivity index (χ1v) is 8.96. The van der Waals surface area contributed by atoms with Gasteiger partial charge in [-0.05, 0) is 49.5 Å². The second kappa shape index (κ2) is 8.18. The first kappa shape index (κ1) is 16.8. The van der Waals surface area contributed by atoms with Crippen molar-refractivity contribution in [2.75, 3.05) is 6.54 Å². The Morgan fingerprint density at radius 3 is 2.38 bits per heavy atom. The van der Waals surface area contributed by atoms with Crippen LogP contribution in [-0.4, -0.2) is 24.6 Å². The van der Waals surface area contributed by atoms with Gasteiger partial charge in [-0.2, -0.15) is 0 Å². The topological polar surface area (TPSA) is 67.4 Å². The minimum atomic E-state index is -0.437. The summed E-state index contributed by atoms with van der Waals surface area (Å²) in [5.41, 5.74) is 0.957. The number of alkyl carbamates (subject to hydrolysis) is 1. The highest BCUT2D eigenvalue weighted by molar-refractivity contribution is 5.76. The molecule has 0 atom stereocenters. The van der Waals surface area contributed by atoms with Gasteiger partial charge in [-0.3, -0.25) is 4.79 Å². The van der Waals surface area contributed by atoms with Gasteiger partial charge in [-0.1, -0.05) is 30.3 Å². The smallest absolute Gasteiger partial charge is 0.407 e. The first-order valence-electron chi connectivity index (χ1n) is 8.96. The molecule has 0 bridgehead atoms. The molecule has 0 saturated heterocycles. The maximum Gasteiger partial charge on any atom is 0.407 e. The fraction of sp³-hybridized carbons (Fsp3) is 0.579. The van der Waals surface area contributed by atoms with Crippen LogP contribution in [0.5, 0.6) is 0 Å². The Labute approximate surface area is 143 Å². The highest BCUT2D eigenvalue weighted by Crippen LogP contribution is 2.44. The van der Waals surface area contributed by atoms with Gasteiger partial charge >= 0.3 is 6.09 Å². The average molecular weight is 330 g/mol. The van der Waals surface area contributed by atoms with Crippen molar-refractivity contribution in [2.45, 2.75) is 51.2 Å². The highest BCUT2D eigenvalue weighted by Gasteiger charge is 2.41. The van der Waals surface area contributed by atoms with Crippen molar-refractivity contribution in [3.05, 3.63) is 35.9 Å². The van der Waals surface area contributed by atoms with E-state index in [2.05, 4.69) is 10.6 Å². The molecular weight excluding hydrogens is 304 g/mol. The van der Waals surface area contributed by atoms with Gasteiger partial charge in [0.25, 0.3) is 0 Å². The molecule has 0 spiro atoms. The van der Waals surface area contributed by atoms with Crippen LogP contribution in [0.15, 0.2) is 30.3 Å². The number of amides is 2. The predicted octanol–water partition coefficient (Wildman–Crippen LogP) is 3.00. The summed E-state index contributed by atoms with van der Waals surface area (Å²) in [6, 6.07) is 9.96. The Balaban J connectivity index is 1.25. The van der Waals surface area contributed by atoms with Crippen LogP contribution in [0.1, 0.15) is 44.1 Å². The number of hydrogen-bond donors (Lipinski definition) is 2. The van der Waals surface area contributed by atoms with Crippen LogP contribution in [0.2, 0.25) is 0 Å². The molecule has 0 aromatic heterocycles. The van der Waals surface area contributed by atoms with Crippen molar-refractivity contribution in [2.24, 2.45) is 11.8 Å². The van der Waals surface area contributed by atoms with Crippen LogP contribution in [0.4, 0.5) is 4.79 Å². The van der Waals surface area contributed by atoms with Crippen molar-refractivity contribution in [1.82, 2.24) is 10.6 Å². The van der Waals surface area contributed by atoms with Crippen molar-refractivity contribution in [3.8, 4) is 0 Å². The molecule has 2 N–H and O–H groups in total. The van der Waals surface area contributed by atoms with E-state index in [0.29, 0.717) is 37.3 Å². The van der Waals surface area contributed by atoms with E-state index >= 15 is 0 Å². The van der Waals surface area contributed by atoms with Gasteiger partial charge in [0.15, 0.2) is 0 Å². The summed E-state index contributed by atoms with van der Waals surface area (Å²) in [5, 5.41) is 5.88. The van der Waals surface area contributed by atoms with Gasteiger partial charge in [-0.25, -0.2) is 4.79 Å². The molecule has 2 saturated carbocycles. The van der Waals surface area contributed by atoms with E-state index in [9.17, 15) is 9.59 Å². The van der Waals surface area contributed by atoms with Crippen molar-refractivity contribution >= 4 is 12.0 Å². The van der Waals surface area contributed by atoms with E-state index in [4.69, 9.17) is 4.74 Å². The quantitative estimate of drug-likeness (QED) is 0.684. The average Bonchev–Trinajstić information content (AvgIpc) is 3.49. The van der Waals surface area contributed by atoms with Gasteiger partial charge < -0.3 is 15.4 Å². The van der Waals surface area contributed by atoms with E-state index in [1.54, 1.807) is 0 Å². The Hall–Kier alpha value is -2.04. The molecule has 1 aromatic rings. The fourth-order valence-corrected chi connectivity index (χ4v) is 3.00. The maximum absolute atomic E-state index is 12.0. The van der Waals surface area contributed by atoms with Gasteiger partial charge in [0.1, 0.15) is 6.61 Å². The van der Waals surface area contributed by atoms with Crippen LogP contribution in [0.25, 0.3) is 0 Å². The molecule has 0 aliphatic heterocycles. The Morgan fingerprint density at radius 1 is 1.08 bits per heavy atom. The largest absolute Gasteiger partial charge is 0.445 e. The van der Waals surface area contributed by atoms with E-state index in [0.717, 1.165) is 5.56 Å². The lowest BCUT2D eigenvalue weighted by atomic mass is 10.1. The SMILES string of the molecule is O=C(CCCNC(=O)OCc1ccccc1)NC(C1CC1)C1CC1. The normalized spacial score (nSPS) is 16.7. The van der Waals surface area contributed by atoms with E-state index in [1.807, 2.05) is 30.3 Å². The van der Waals surface area contributed by atoms with Gasteiger partial charge in [-0.15, -0.1) is 0 Å². The monoisotopic (exact) mass is 330 g/mol. The van der Waals surface area contributed by atoms with E-state index < -0.39 is 6.09 Å². The molecule has 2 amide bonds. The molecule has 0 radical (unpaired) electrons. The summed E-state index contributed by atoms with van der Waals surface area (Å²) in [5.74, 6) is 1.54. The lowest BCUT2D eigenvalue weighted by molar-refractivity contribution is -0.122. The fourth-order valence-electron chi connectivity index (χ4n) is 3.00. The second-order valence-electron chi connectivity index (χ2n) is 6.86. The van der Waals surface area contributed by atoms with Crippen molar-refractivity contribution in [3.63, 3.8) is 0 Å². The number of hydrogen-bond acceptors (Lipinski definition) is 3. The molecule has 5 nitrogen and oxygen atoms in total. The third kappa shape index (κ3) is 5.55. The molecule has 5 heteroatoms. The molecule has 130 valence electrons. The summed E-state index contributed by atoms with van der Waals surface area (Å²) in [6.07, 6.45) is 5.69. The molecule has 0 heterocycles. The molecule has 2 aliphatic carbocycles. The van der Waals surface area contributed by atoms with Crippen LogP contribution >= 0.6 is 0 Å². The summed E-state index contributed by atoms with van der Waals surface area (Å²) in [7, 11) is 0. The Kier molecular flexibility index (Phi) is 5.72.